The number of amides is 3. The van der Waals surface area contributed by atoms with Gasteiger partial charge in [0.05, 0.1) is 35.1 Å². The summed E-state index contributed by atoms with van der Waals surface area (Å²) in [7, 11) is -3.18. The predicted molar refractivity (Wildman–Crippen MR) is 184 cm³/mol. The molecule has 2 aromatic heterocycles. The Morgan fingerprint density at radius 3 is 2.37 bits per heavy atom. The van der Waals surface area contributed by atoms with Crippen LogP contribution in [0, 0.1) is 0 Å². The van der Waals surface area contributed by atoms with Crippen LogP contribution >= 0.6 is 0 Å². The lowest BCUT2D eigenvalue weighted by atomic mass is 10.1. The second-order valence-electron chi connectivity index (χ2n) is 12.9. The van der Waals surface area contributed by atoms with Crippen molar-refractivity contribution in [2.75, 3.05) is 29.9 Å². The van der Waals surface area contributed by atoms with Crippen LogP contribution < -0.4 is 5.32 Å². The van der Waals surface area contributed by atoms with Gasteiger partial charge in [-0.1, -0.05) is 48.5 Å². The molecule has 0 aliphatic carbocycles. The highest BCUT2D eigenvalue weighted by Crippen LogP contribution is 2.31. The number of aromatic nitrogens is 3. The minimum atomic E-state index is -3.18. The molecule has 0 radical (unpaired) electrons. The fourth-order valence-electron chi connectivity index (χ4n) is 5.69. The zero-order chi connectivity index (χ0) is 35.3. The molecule has 14 nitrogen and oxygen atoms in total. The van der Waals surface area contributed by atoms with Gasteiger partial charge in [-0.05, 0) is 52.2 Å². The molecule has 1 fully saturated rings. The van der Waals surface area contributed by atoms with Crippen LogP contribution in [0.5, 0.6) is 0 Å². The van der Waals surface area contributed by atoms with Crippen molar-refractivity contribution >= 4 is 55.9 Å². The molecule has 2 N–H and O–H groups in total. The summed E-state index contributed by atoms with van der Waals surface area (Å²) >= 11 is 0. The molecular formula is C34H42N6O8S. The van der Waals surface area contributed by atoms with Crippen molar-refractivity contribution in [1.29, 1.82) is 0 Å². The first kappa shape index (κ1) is 35.4. The van der Waals surface area contributed by atoms with Crippen molar-refractivity contribution in [3.8, 4) is 0 Å². The minimum Gasteiger partial charge on any atom is -0.465 e. The van der Waals surface area contributed by atoms with E-state index < -0.39 is 39.8 Å². The number of unbranched alkanes of at least 4 members (excludes halogenated alkanes) is 1. The highest BCUT2D eigenvalue weighted by atomic mass is 32.2. The number of sulfone groups is 1. The number of nitrogens with one attached hydrogen (secondary N) is 1. The van der Waals surface area contributed by atoms with Crippen molar-refractivity contribution in [1.82, 2.24) is 24.3 Å². The highest BCUT2D eigenvalue weighted by Gasteiger charge is 2.41. The van der Waals surface area contributed by atoms with Gasteiger partial charge >= 0.3 is 18.3 Å². The summed E-state index contributed by atoms with van der Waals surface area (Å²) in [5, 5.41) is 13.3. The Labute approximate surface area is 284 Å². The standard InChI is InChI=1S/C34H42N6O8S/c1-5-38(32(42)43)19-27-36-28-29(40(27)18-12-11-17-39(24-21-49(45,46)22-24)33(44)48-34(2,3)4)25-15-9-10-16-26(25)35-30(28)37-31(41)47-20-23-13-7-6-8-14-23/h6-10,13-16,24H,5,11-12,17-22H2,1-4H3,(H,42,43)(H,35,37,41). The molecule has 0 saturated carbocycles. The maximum atomic E-state index is 13.1. The molecule has 5 rings (SSSR count). The van der Waals surface area contributed by atoms with E-state index >= 15 is 0 Å². The third-order valence-electron chi connectivity index (χ3n) is 8.07. The van der Waals surface area contributed by atoms with E-state index in [4.69, 9.17) is 14.5 Å². The molecule has 2 aromatic carbocycles. The quantitative estimate of drug-likeness (QED) is 0.177. The molecule has 0 spiro atoms. The molecule has 1 aliphatic heterocycles. The maximum absolute atomic E-state index is 13.1. The number of rotatable bonds is 12. The monoisotopic (exact) mass is 694 g/mol. The van der Waals surface area contributed by atoms with E-state index in [-0.39, 0.29) is 43.6 Å². The first-order valence-corrected chi connectivity index (χ1v) is 18.0. The highest BCUT2D eigenvalue weighted by molar-refractivity contribution is 7.92. The lowest BCUT2D eigenvalue weighted by molar-refractivity contribution is 0.0181. The summed E-state index contributed by atoms with van der Waals surface area (Å²) < 4.78 is 36.9. The SMILES string of the molecule is CCN(Cc1nc2c(NC(=O)OCc3ccccc3)nc3ccccc3c2n1CCCCN(C(=O)OC(C)(C)C)C1CS(=O)(=O)C1)C(=O)O. The topological polar surface area (TPSA) is 173 Å². The molecule has 3 heterocycles. The molecule has 0 bridgehead atoms. The van der Waals surface area contributed by atoms with Crippen molar-refractivity contribution in [2.45, 2.75) is 71.9 Å². The number of aryl methyl sites for hydroxylation is 1. The average Bonchev–Trinajstić information content (AvgIpc) is 3.39. The summed E-state index contributed by atoms with van der Waals surface area (Å²) in [6.07, 6.45) is -1.34. The summed E-state index contributed by atoms with van der Waals surface area (Å²) in [5.74, 6) is 0.417. The fourth-order valence-corrected chi connectivity index (χ4v) is 7.12. The molecule has 4 aromatic rings. The number of pyridine rings is 1. The van der Waals surface area contributed by atoms with Gasteiger partial charge in [0.1, 0.15) is 23.5 Å². The zero-order valence-electron chi connectivity index (χ0n) is 28.1. The van der Waals surface area contributed by atoms with Crippen LogP contribution in [0.3, 0.4) is 0 Å². The Kier molecular flexibility index (Phi) is 10.6. The van der Waals surface area contributed by atoms with Gasteiger partial charge in [0, 0.05) is 25.0 Å². The summed E-state index contributed by atoms with van der Waals surface area (Å²) in [4.78, 5) is 50.2. The first-order chi connectivity index (χ1) is 23.2. The van der Waals surface area contributed by atoms with Crippen LogP contribution in [0.2, 0.25) is 0 Å². The molecule has 0 unspecified atom stereocenters. The van der Waals surface area contributed by atoms with Crippen LogP contribution in [-0.2, 0) is 39.0 Å². The maximum Gasteiger partial charge on any atom is 0.413 e. The minimum absolute atomic E-state index is 0.0172. The van der Waals surface area contributed by atoms with Crippen LogP contribution in [0.1, 0.15) is 51.9 Å². The van der Waals surface area contributed by atoms with Gasteiger partial charge in [-0.15, -0.1) is 0 Å². The second-order valence-corrected chi connectivity index (χ2v) is 15.1. The number of hydrogen-bond acceptors (Lipinski definition) is 9. The lowest BCUT2D eigenvalue weighted by Gasteiger charge is -2.37. The molecule has 1 saturated heterocycles. The second kappa shape index (κ2) is 14.7. The number of benzene rings is 2. The van der Waals surface area contributed by atoms with E-state index in [0.29, 0.717) is 41.8 Å². The van der Waals surface area contributed by atoms with Gasteiger partial charge in [-0.3, -0.25) is 5.32 Å². The Balaban J connectivity index is 1.44. The number of carboxylic acid groups (broad SMARTS) is 1. The Bertz CT molecular complexity index is 1930. The molecule has 262 valence electrons. The molecule has 15 heteroatoms. The van der Waals surface area contributed by atoms with E-state index in [1.165, 1.54) is 9.80 Å². The normalized spacial score (nSPS) is 14.3. The number of anilines is 1. The number of ether oxygens (including phenoxy) is 2. The molecule has 49 heavy (non-hydrogen) atoms. The number of para-hydroxylation sites is 1. The average molecular weight is 695 g/mol. The summed E-state index contributed by atoms with van der Waals surface area (Å²) in [6.45, 7) is 7.94. The van der Waals surface area contributed by atoms with E-state index in [0.717, 1.165) is 10.9 Å². The van der Waals surface area contributed by atoms with E-state index in [2.05, 4.69) is 10.3 Å². The van der Waals surface area contributed by atoms with Crippen molar-refractivity contribution < 1.29 is 37.4 Å². The number of carbonyl (C=O) groups is 3. The van der Waals surface area contributed by atoms with Crippen LogP contribution in [-0.4, -0.2) is 92.4 Å². The molecule has 0 atom stereocenters. The molecule has 3 amide bonds. The fraction of sp³-hybridized carbons (Fsp3) is 0.441. The van der Waals surface area contributed by atoms with E-state index in [9.17, 15) is 27.9 Å². The van der Waals surface area contributed by atoms with Crippen LogP contribution in [0.25, 0.3) is 21.9 Å². The number of hydrogen-bond donors (Lipinski definition) is 2. The van der Waals surface area contributed by atoms with Crippen molar-refractivity contribution in [3.63, 3.8) is 0 Å². The Morgan fingerprint density at radius 1 is 1.02 bits per heavy atom. The number of nitrogens with zero attached hydrogens (tertiary/aromatic N) is 5. The Morgan fingerprint density at radius 2 is 1.71 bits per heavy atom. The third-order valence-corrected chi connectivity index (χ3v) is 9.86. The van der Waals surface area contributed by atoms with Crippen molar-refractivity contribution in [2.24, 2.45) is 0 Å². The van der Waals surface area contributed by atoms with Crippen molar-refractivity contribution in [3.05, 3.63) is 66.0 Å². The van der Waals surface area contributed by atoms with E-state index in [1.807, 2.05) is 59.2 Å². The van der Waals surface area contributed by atoms with Crippen LogP contribution in [0.4, 0.5) is 20.2 Å². The molecular weight excluding hydrogens is 652 g/mol. The van der Waals surface area contributed by atoms with Gasteiger partial charge in [-0.2, -0.15) is 0 Å². The third kappa shape index (κ3) is 8.76. The smallest absolute Gasteiger partial charge is 0.413 e. The molecule has 1 aliphatic rings. The van der Waals surface area contributed by atoms with Gasteiger partial charge < -0.3 is 28.9 Å². The lowest BCUT2D eigenvalue weighted by Crippen LogP contribution is -2.56. The zero-order valence-corrected chi connectivity index (χ0v) is 28.9. The number of imidazole rings is 1. The van der Waals surface area contributed by atoms with Gasteiger partial charge in [0.15, 0.2) is 15.7 Å². The summed E-state index contributed by atoms with van der Waals surface area (Å²) in [5.41, 5.74) is 1.70. The predicted octanol–water partition coefficient (Wildman–Crippen LogP) is 5.65. The van der Waals surface area contributed by atoms with Gasteiger partial charge in [0.25, 0.3) is 0 Å². The summed E-state index contributed by atoms with van der Waals surface area (Å²) in [6, 6.07) is 16.2. The van der Waals surface area contributed by atoms with Gasteiger partial charge in [-0.25, -0.2) is 32.8 Å². The number of fused-ring (bicyclic) bond motifs is 3. The Hall–Kier alpha value is -4.92. The largest absolute Gasteiger partial charge is 0.465 e. The van der Waals surface area contributed by atoms with Gasteiger partial charge in [0.2, 0.25) is 0 Å². The van der Waals surface area contributed by atoms with E-state index in [1.54, 1.807) is 27.7 Å². The number of carbonyl (C=O) groups excluding carboxylic acids is 2. The first-order valence-electron chi connectivity index (χ1n) is 16.2. The van der Waals surface area contributed by atoms with Crippen LogP contribution in [0.15, 0.2) is 54.6 Å².